The Morgan fingerprint density at radius 1 is 1.08 bits per heavy atom. The topological polar surface area (TPSA) is 17.1 Å². The monoisotopic (exact) mass is 344 g/mol. The molecule has 0 heterocycles. The summed E-state index contributed by atoms with van der Waals surface area (Å²) in [5, 5.41) is 0. The maximum atomic E-state index is 12.6. The molecular weight excluding hydrogens is 304 g/mol. The second-order valence-corrected chi connectivity index (χ2v) is 7.77. The molecule has 0 unspecified atom stereocenters. The zero-order chi connectivity index (χ0) is 19.5. The van der Waals surface area contributed by atoms with Gasteiger partial charge in [0, 0.05) is 5.41 Å². The van der Waals surface area contributed by atoms with E-state index in [1.165, 1.54) is 42.4 Å². The van der Waals surface area contributed by atoms with Crippen molar-refractivity contribution in [1.29, 1.82) is 0 Å². The number of aryl methyl sites for hydroxylation is 1. The van der Waals surface area contributed by atoms with E-state index in [4.69, 9.17) is 0 Å². The summed E-state index contributed by atoms with van der Waals surface area (Å²) >= 11 is 0. The van der Waals surface area contributed by atoms with Gasteiger partial charge in [0.05, 0.1) is 0 Å². The third kappa shape index (κ3) is 9.05. The van der Waals surface area contributed by atoms with Crippen LogP contribution in [0.1, 0.15) is 85.3 Å². The fraction of sp³-hybridized carbons (Fsp3) is 0.625. The molecular formula is C24H40O. The first-order valence-electron chi connectivity index (χ1n) is 10.1. The van der Waals surface area contributed by atoms with Gasteiger partial charge in [0.15, 0.2) is 5.78 Å². The lowest BCUT2D eigenvalue weighted by atomic mass is 9.82. The summed E-state index contributed by atoms with van der Waals surface area (Å²) in [6, 6.07) is 8.66. The van der Waals surface area contributed by atoms with Crippen molar-refractivity contribution in [2.45, 2.75) is 87.5 Å². The van der Waals surface area contributed by atoms with Crippen molar-refractivity contribution >= 4 is 5.78 Å². The first kappa shape index (κ1) is 23.6. The molecule has 1 heteroatoms. The van der Waals surface area contributed by atoms with E-state index in [1.807, 2.05) is 40.7 Å². The van der Waals surface area contributed by atoms with E-state index in [1.54, 1.807) is 0 Å². The Morgan fingerprint density at radius 3 is 2.08 bits per heavy atom. The van der Waals surface area contributed by atoms with Gasteiger partial charge < -0.3 is 0 Å². The van der Waals surface area contributed by atoms with E-state index in [-0.39, 0.29) is 11.2 Å². The van der Waals surface area contributed by atoms with E-state index in [0.29, 0.717) is 5.92 Å². The summed E-state index contributed by atoms with van der Waals surface area (Å²) < 4.78 is 0. The van der Waals surface area contributed by atoms with E-state index in [2.05, 4.69) is 45.0 Å². The first-order valence-corrected chi connectivity index (χ1v) is 10.1. The van der Waals surface area contributed by atoms with Crippen molar-refractivity contribution in [3.8, 4) is 0 Å². The second-order valence-electron chi connectivity index (χ2n) is 7.77. The van der Waals surface area contributed by atoms with Gasteiger partial charge in [-0.3, -0.25) is 4.79 Å². The Labute approximate surface area is 156 Å². The highest BCUT2D eigenvalue weighted by Gasteiger charge is 2.22. The molecule has 1 rings (SSSR count). The molecule has 0 aliphatic carbocycles. The largest absolute Gasteiger partial charge is 0.294 e. The van der Waals surface area contributed by atoms with Crippen LogP contribution in [0, 0.1) is 18.3 Å². The number of allylic oxidation sites excluding steroid dienone is 2. The number of hydrogen-bond donors (Lipinski definition) is 0. The molecule has 0 atom stereocenters. The average Bonchev–Trinajstić information content (AvgIpc) is 2.55. The predicted octanol–water partition coefficient (Wildman–Crippen LogP) is 7.32. The van der Waals surface area contributed by atoms with Crippen LogP contribution in [0.3, 0.4) is 0 Å². The van der Waals surface area contributed by atoms with Crippen LogP contribution in [0.15, 0.2) is 35.9 Å². The number of ketones is 1. The molecule has 0 saturated heterocycles. The zero-order valence-electron chi connectivity index (χ0n) is 17.9. The third-order valence-corrected chi connectivity index (χ3v) is 4.35. The van der Waals surface area contributed by atoms with Crippen LogP contribution >= 0.6 is 0 Å². The van der Waals surface area contributed by atoms with Gasteiger partial charge in [0.1, 0.15) is 0 Å². The summed E-state index contributed by atoms with van der Waals surface area (Å²) in [4.78, 5) is 12.6. The van der Waals surface area contributed by atoms with Crippen molar-refractivity contribution < 1.29 is 4.79 Å². The van der Waals surface area contributed by atoms with Crippen molar-refractivity contribution in [2.75, 3.05) is 0 Å². The highest BCUT2D eigenvalue weighted by molar-refractivity contribution is 5.94. The molecule has 0 fully saturated rings. The molecule has 0 saturated carbocycles. The Bertz CT molecular complexity index is 525. The molecule has 1 aromatic carbocycles. The molecule has 0 amide bonds. The molecule has 1 nitrogen and oxygen atoms in total. The molecule has 25 heavy (non-hydrogen) atoms. The Morgan fingerprint density at radius 2 is 1.64 bits per heavy atom. The number of rotatable bonds is 8. The standard InChI is InChI=1S/C22H34O.C2H6/c1-7-10-19(11-8-2)20(16-21(23)22(4,5)6)15-18-13-9-12-17(3)14-18;1-2/h9,12-14,16,19H,7-8,10-11,15H2,1-6H3;1-2H3/b20-16-;. The molecule has 0 aliphatic heterocycles. The van der Waals surface area contributed by atoms with Gasteiger partial charge in [-0.25, -0.2) is 0 Å². The number of hydrogen-bond acceptors (Lipinski definition) is 1. The molecule has 1 aromatic rings. The number of carbonyl (C=O) groups excluding carboxylic acids is 1. The SMILES string of the molecule is CC.CCCC(CCC)/C(=C\C(=O)C(C)(C)C)Cc1cccc(C)c1. The fourth-order valence-corrected chi connectivity index (χ4v) is 2.97. The van der Waals surface area contributed by atoms with Crippen molar-refractivity contribution in [2.24, 2.45) is 11.3 Å². The lowest BCUT2D eigenvalue weighted by Crippen LogP contribution is -2.20. The Balaban J connectivity index is 0.00000277. The molecule has 0 N–H and O–H groups in total. The second kappa shape index (κ2) is 12.1. The number of carbonyl (C=O) groups is 1. The minimum absolute atomic E-state index is 0.248. The van der Waals surface area contributed by atoms with Crippen molar-refractivity contribution in [3.05, 3.63) is 47.0 Å². The highest BCUT2D eigenvalue weighted by atomic mass is 16.1. The summed E-state index contributed by atoms with van der Waals surface area (Å²) in [5.74, 6) is 0.772. The number of benzene rings is 1. The van der Waals surface area contributed by atoms with E-state index in [0.717, 1.165) is 6.42 Å². The van der Waals surface area contributed by atoms with Gasteiger partial charge in [-0.2, -0.15) is 0 Å². The quantitative estimate of drug-likeness (QED) is 0.451. The smallest absolute Gasteiger partial charge is 0.160 e. The average molecular weight is 345 g/mol. The van der Waals surface area contributed by atoms with E-state index < -0.39 is 0 Å². The molecule has 0 bridgehead atoms. The van der Waals surface area contributed by atoms with Gasteiger partial charge in [0.25, 0.3) is 0 Å². The molecule has 0 spiro atoms. The molecule has 0 aliphatic rings. The normalized spacial score (nSPS) is 12.0. The van der Waals surface area contributed by atoms with Crippen LogP contribution in [-0.4, -0.2) is 5.78 Å². The first-order chi connectivity index (χ1) is 11.8. The predicted molar refractivity (Wildman–Crippen MR) is 112 cm³/mol. The Kier molecular flexibility index (Phi) is 11.4. The van der Waals surface area contributed by atoms with Crippen LogP contribution in [0.5, 0.6) is 0 Å². The van der Waals surface area contributed by atoms with Crippen LogP contribution < -0.4 is 0 Å². The van der Waals surface area contributed by atoms with Crippen LogP contribution in [0.2, 0.25) is 0 Å². The summed E-state index contributed by atoms with van der Waals surface area (Å²) in [7, 11) is 0. The highest BCUT2D eigenvalue weighted by Crippen LogP contribution is 2.28. The van der Waals surface area contributed by atoms with Gasteiger partial charge in [0.2, 0.25) is 0 Å². The van der Waals surface area contributed by atoms with Crippen LogP contribution in [0.4, 0.5) is 0 Å². The van der Waals surface area contributed by atoms with Crippen LogP contribution in [0.25, 0.3) is 0 Å². The van der Waals surface area contributed by atoms with Crippen LogP contribution in [-0.2, 0) is 11.2 Å². The minimum atomic E-state index is -0.305. The molecule has 0 radical (unpaired) electrons. The van der Waals surface area contributed by atoms with E-state index >= 15 is 0 Å². The lowest BCUT2D eigenvalue weighted by Gasteiger charge is -2.22. The minimum Gasteiger partial charge on any atom is -0.294 e. The Hall–Kier alpha value is -1.37. The summed E-state index contributed by atoms with van der Waals surface area (Å²) in [6.45, 7) is 16.6. The van der Waals surface area contributed by atoms with Crippen molar-refractivity contribution in [3.63, 3.8) is 0 Å². The van der Waals surface area contributed by atoms with Gasteiger partial charge >= 0.3 is 0 Å². The summed E-state index contributed by atoms with van der Waals surface area (Å²) in [6.07, 6.45) is 7.53. The zero-order valence-corrected chi connectivity index (χ0v) is 17.9. The molecule has 142 valence electrons. The van der Waals surface area contributed by atoms with E-state index in [9.17, 15) is 4.79 Å². The fourth-order valence-electron chi connectivity index (χ4n) is 2.97. The van der Waals surface area contributed by atoms with Gasteiger partial charge in [-0.1, -0.05) is 96.7 Å². The van der Waals surface area contributed by atoms with Gasteiger partial charge in [-0.15, -0.1) is 0 Å². The molecule has 0 aromatic heterocycles. The maximum Gasteiger partial charge on any atom is 0.160 e. The van der Waals surface area contributed by atoms with Gasteiger partial charge in [-0.05, 0) is 43.7 Å². The third-order valence-electron chi connectivity index (χ3n) is 4.35. The van der Waals surface area contributed by atoms with Crippen molar-refractivity contribution in [1.82, 2.24) is 0 Å². The summed E-state index contributed by atoms with van der Waals surface area (Å²) in [5.41, 5.74) is 3.61. The lowest BCUT2D eigenvalue weighted by molar-refractivity contribution is -0.121. The maximum absolute atomic E-state index is 12.6.